The number of nitrogens with one attached hydrogen (secondary N) is 1. The molecule has 1 aliphatic carbocycles. The normalized spacial score (nSPS) is 15.3. The van der Waals surface area contributed by atoms with Gasteiger partial charge in [-0.2, -0.15) is 18.3 Å². The molecule has 2 aromatic carbocycles. The van der Waals surface area contributed by atoms with Crippen molar-refractivity contribution < 1.29 is 41.0 Å². The Morgan fingerprint density at radius 1 is 1.09 bits per heavy atom. The maximum atomic E-state index is 14.2. The average molecular weight is 604 g/mol. The van der Waals surface area contributed by atoms with Crippen molar-refractivity contribution in [3.05, 3.63) is 106 Å². The summed E-state index contributed by atoms with van der Waals surface area (Å²) in [6.45, 7) is -0.714. The number of nitrogens with two attached hydrogens (primary N) is 1. The van der Waals surface area contributed by atoms with Crippen molar-refractivity contribution in [3.63, 3.8) is 0 Å². The predicted molar refractivity (Wildman–Crippen MR) is 140 cm³/mol. The number of pyridine rings is 1. The van der Waals surface area contributed by atoms with Crippen LogP contribution >= 0.6 is 0 Å². The van der Waals surface area contributed by atoms with Crippen LogP contribution < -0.4 is 11.1 Å². The van der Waals surface area contributed by atoms with Crippen molar-refractivity contribution in [2.75, 3.05) is 0 Å². The number of primary amides is 1. The first-order chi connectivity index (χ1) is 20.3. The van der Waals surface area contributed by atoms with Crippen LogP contribution in [-0.2, 0) is 30.4 Å². The van der Waals surface area contributed by atoms with E-state index in [9.17, 15) is 41.0 Å². The van der Waals surface area contributed by atoms with Crippen molar-refractivity contribution in [2.24, 2.45) is 5.73 Å². The molecule has 1 aliphatic rings. The fourth-order valence-corrected chi connectivity index (χ4v) is 5.28. The highest BCUT2D eigenvalue weighted by Gasteiger charge is 2.42. The van der Waals surface area contributed by atoms with Crippen molar-refractivity contribution >= 4 is 11.8 Å². The Balaban J connectivity index is 1.53. The van der Waals surface area contributed by atoms with Gasteiger partial charge in [-0.15, -0.1) is 0 Å². The molecule has 224 valence electrons. The zero-order valence-electron chi connectivity index (χ0n) is 22.1. The molecular formula is C29H23F6N5O3. The Morgan fingerprint density at radius 2 is 1.81 bits per heavy atom. The highest BCUT2D eigenvalue weighted by molar-refractivity contribution is 5.94. The van der Waals surface area contributed by atoms with Gasteiger partial charge in [-0.3, -0.25) is 19.3 Å². The van der Waals surface area contributed by atoms with Crippen LogP contribution in [0.15, 0.2) is 54.7 Å². The smallest absolute Gasteiger partial charge is 0.387 e. The summed E-state index contributed by atoms with van der Waals surface area (Å²) < 4.78 is 83.8. The minimum atomic E-state index is -4.80. The topological polar surface area (TPSA) is 123 Å². The molecule has 0 aliphatic heterocycles. The van der Waals surface area contributed by atoms with Gasteiger partial charge >= 0.3 is 6.18 Å². The molecule has 0 saturated carbocycles. The first-order valence-electron chi connectivity index (χ1n) is 13.0. The Labute approximate surface area is 240 Å². The molecule has 14 heteroatoms. The second kappa shape index (κ2) is 11.5. The minimum Gasteiger partial charge on any atom is -0.387 e. The lowest BCUT2D eigenvalue weighted by Gasteiger charge is -2.22. The number of fused-ring (bicyclic) bond motifs is 1. The number of halogens is 6. The van der Waals surface area contributed by atoms with Gasteiger partial charge in [-0.1, -0.05) is 12.1 Å². The summed E-state index contributed by atoms with van der Waals surface area (Å²) in [4.78, 5) is 29.4. The van der Waals surface area contributed by atoms with E-state index in [0.29, 0.717) is 11.6 Å². The largest absolute Gasteiger partial charge is 0.435 e. The van der Waals surface area contributed by atoms with Gasteiger partial charge < -0.3 is 16.2 Å². The van der Waals surface area contributed by atoms with E-state index >= 15 is 0 Å². The minimum absolute atomic E-state index is 0.0356. The lowest BCUT2D eigenvalue weighted by atomic mass is 9.94. The summed E-state index contributed by atoms with van der Waals surface area (Å²) >= 11 is 0. The number of rotatable bonds is 8. The molecular weight excluding hydrogens is 580 g/mol. The van der Waals surface area contributed by atoms with Gasteiger partial charge in [0.2, 0.25) is 5.91 Å². The van der Waals surface area contributed by atoms with E-state index < -0.39 is 65.4 Å². The highest BCUT2D eigenvalue weighted by atomic mass is 19.4. The second-order valence-corrected chi connectivity index (χ2v) is 10.0. The monoisotopic (exact) mass is 603 g/mol. The Kier molecular flexibility index (Phi) is 7.97. The summed E-state index contributed by atoms with van der Waals surface area (Å²) in [5.74, 6) is -4.50. The summed E-state index contributed by atoms with van der Waals surface area (Å²) in [7, 11) is 0. The van der Waals surface area contributed by atoms with E-state index in [1.165, 1.54) is 24.4 Å². The first kappa shape index (κ1) is 29.8. The van der Waals surface area contributed by atoms with E-state index in [-0.39, 0.29) is 47.3 Å². The van der Waals surface area contributed by atoms with Crippen LogP contribution in [-0.4, -0.2) is 31.7 Å². The molecule has 4 aromatic rings. The van der Waals surface area contributed by atoms with Gasteiger partial charge in [0.05, 0.1) is 29.1 Å². The molecule has 2 aromatic heterocycles. The third kappa shape index (κ3) is 6.23. The van der Waals surface area contributed by atoms with Gasteiger partial charge in [0, 0.05) is 23.4 Å². The maximum absolute atomic E-state index is 14.2. The van der Waals surface area contributed by atoms with Crippen molar-refractivity contribution in [1.29, 1.82) is 0 Å². The Bertz CT molecular complexity index is 1700. The van der Waals surface area contributed by atoms with E-state index in [2.05, 4.69) is 15.4 Å². The van der Waals surface area contributed by atoms with E-state index in [0.717, 1.165) is 22.9 Å². The lowest BCUT2D eigenvalue weighted by molar-refractivity contribution is -0.142. The van der Waals surface area contributed by atoms with Crippen LogP contribution in [0.1, 0.15) is 57.1 Å². The standard InChI is InChI=1S/C29H23F6N5O3/c30-16-8-14(9-17(31)12-16)10-22(25-18(2-1-7-37-25)15-3-5-21(32)20(11-15)28(36)43)38-24(42)13-40-26-19(4-6-23(26)41)27(39-40)29(33,34)35/h1-3,5,7-9,11-12,22-23,41H,4,6,10,13H2,(H2,36,43)(H,38,42). The predicted octanol–water partition coefficient (Wildman–Crippen LogP) is 4.56. The molecule has 0 saturated heterocycles. The molecule has 2 unspecified atom stereocenters. The number of nitrogens with zero attached hydrogens (tertiary/aromatic N) is 3. The van der Waals surface area contributed by atoms with E-state index in [4.69, 9.17) is 5.73 Å². The van der Waals surface area contributed by atoms with Crippen molar-refractivity contribution in [3.8, 4) is 11.1 Å². The highest BCUT2D eigenvalue weighted by Crippen LogP contribution is 2.40. The molecule has 0 radical (unpaired) electrons. The van der Waals surface area contributed by atoms with Crippen LogP contribution in [0.4, 0.5) is 26.3 Å². The summed E-state index contributed by atoms with van der Waals surface area (Å²) in [5.41, 5.74) is 4.24. The van der Waals surface area contributed by atoms with Gasteiger partial charge in [-0.25, -0.2) is 13.2 Å². The maximum Gasteiger partial charge on any atom is 0.435 e. The molecule has 4 N–H and O–H groups in total. The number of carbonyl (C=O) groups is 2. The molecule has 0 bridgehead atoms. The molecule has 8 nitrogen and oxygen atoms in total. The molecule has 2 atom stereocenters. The third-order valence-corrected chi connectivity index (χ3v) is 7.05. The number of aromatic nitrogens is 3. The van der Waals surface area contributed by atoms with Gasteiger partial charge in [0.25, 0.3) is 5.91 Å². The SMILES string of the molecule is NC(=O)c1cc(-c2cccnc2C(Cc2cc(F)cc(F)c2)NC(=O)Cn2nc(C(F)(F)F)c3c2C(O)CC3)ccc1F. The third-order valence-electron chi connectivity index (χ3n) is 7.05. The van der Waals surface area contributed by atoms with Gasteiger partial charge in [0.1, 0.15) is 24.0 Å². The fraction of sp³-hybridized carbons (Fsp3) is 0.241. The van der Waals surface area contributed by atoms with Crippen LogP contribution in [0.5, 0.6) is 0 Å². The molecule has 43 heavy (non-hydrogen) atoms. The van der Waals surface area contributed by atoms with Gasteiger partial charge in [0.15, 0.2) is 5.69 Å². The average Bonchev–Trinajstić information content (AvgIpc) is 3.48. The van der Waals surface area contributed by atoms with Crippen LogP contribution in [0.3, 0.4) is 0 Å². The van der Waals surface area contributed by atoms with Crippen LogP contribution in [0, 0.1) is 17.5 Å². The number of benzene rings is 2. The number of aliphatic hydroxyl groups excluding tert-OH is 1. The second-order valence-electron chi connectivity index (χ2n) is 10.0. The molecule has 2 heterocycles. The number of hydrogen-bond donors (Lipinski definition) is 3. The Hall–Kier alpha value is -4.72. The molecule has 0 spiro atoms. The van der Waals surface area contributed by atoms with Gasteiger partial charge in [-0.05, 0) is 60.7 Å². The fourth-order valence-electron chi connectivity index (χ4n) is 5.28. The molecule has 2 amide bonds. The van der Waals surface area contributed by atoms with Crippen molar-refractivity contribution in [1.82, 2.24) is 20.1 Å². The van der Waals surface area contributed by atoms with Crippen LogP contribution in [0.2, 0.25) is 0 Å². The van der Waals surface area contributed by atoms with E-state index in [1.54, 1.807) is 6.07 Å². The summed E-state index contributed by atoms with van der Waals surface area (Å²) in [6.07, 6.45) is -4.94. The zero-order valence-corrected chi connectivity index (χ0v) is 22.1. The van der Waals surface area contributed by atoms with Crippen molar-refractivity contribution in [2.45, 2.75) is 44.1 Å². The molecule has 0 fully saturated rings. The lowest BCUT2D eigenvalue weighted by Crippen LogP contribution is -2.34. The van der Waals surface area contributed by atoms with E-state index in [1.807, 2.05) is 0 Å². The summed E-state index contributed by atoms with van der Waals surface area (Å²) in [5, 5.41) is 16.5. The number of aliphatic hydroxyl groups is 1. The zero-order chi connectivity index (χ0) is 31.1. The van der Waals surface area contributed by atoms with Crippen LogP contribution in [0.25, 0.3) is 11.1 Å². The number of alkyl halides is 3. The summed E-state index contributed by atoms with van der Waals surface area (Å²) in [6, 6.07) is 8.25. The number of hydrogen-bond acceptors (Lipinski definition) is 5. The molecule has 5 rings (SSSR count). The first-order valence-corrected chi connectivity index (χ1v) is 13.0. The quantitative estimate of drug-likeness (QED) is 0.255. The Morgan fingerprint density at radius 3 is 2.49 bits per heavy atom. The number of carbonyl (C=O) groups excluding carboxylic acids is 2. The number of amides is 2.